The summed E-state index contributed by atoms with van der Waals surface area (Å²) in [6.45, 7) is 0. The number of aromatic nitrogens is 4. The Hall–Kier alpha value is -6.05. The zero-order valence-electron chi connectivity index (χ0n) is 32.3. The predicted octanol–water partition coefficient (Wildman–Crippen LogP) is 12.6. The van der Waals surface area contributed by atoms with Crippen LogP contribution >= 0.6 is 0 Å². The maximum Gasteiger partial charge on any atom is 0.120 e. The van der Waals surface area contributed by atoms with Gasteiger partial charge in [-0.1, -0.05) is 65.5 Å². The van der Waals surface area contributed by atoms with E-state index >= 15 is 0 Å². The molecule has 0 saturated heterocycles. The monoisotopic (exact) mass is 989 g/mol. The fraction of sp³-hybridized carbons (Fsp3) is 0.0588. The van der Waals surface area contributed by atoms with E-state index in [2.05, 4.69) is 154 Å². The number of benzene rings is 7. The molecule has 5 nitrogen and oxygen atoms in total. The summed E-state index contributed by atoms with van der Waals surface area (Å²) < 4.78 is 12.2. The molecule has 0 fully saturated rings. The number of hydrogen-bond acceptors (Lipinski definition) is 3. The van der Waals surface area contributed by atoms with Gasteiger partial charge in [-0.05, 0) is 30.3 Å². The summed E-state index contributed by atoms with van der Waals surface area (Å²) in [5, 5.41) is 4.67. The molecule has 11 aromatic rings. The normalized spacial score (nSPS) is 11.6. The van der Waals surface area contributed by atoms with Crippen molar-refractivity contribution < 1.29 is 24.5 Å². The van der Waals surface area contributed by atoms with Crippen molar-refractivity contribution in [3.8, 4) is 34.0 Å². The zero-order chi connectivity index (χ0) is 38.5. The van der Waals surface area contributed by atoms with Crippen LogP contribution < -0.4 is 4.40 Å². The van der Waals surface area contributed by atoms with Gasteiger partial charge < -0.3 is 8.98 Å². The minimum Gasteiger partial charge on any atom is -0.501 e. The number of pyridine rings is 1. The van der Waals surface area contributed by atoms with Gasteiger partial charge in [0.25, 0.3) is 0 Å². The molecule has 0 N–H and O–H groups in total. The summed E-state index contributed by atoms with van der Waals surface area (Å²) in [4.78, 5) is 9.73. The molecule has 0 spiro atoms. The largest absolute Gasteiger partial charge is 0.501 e. The second-order valence-electron chi connectivity index (χ2n) is 15.3. The first-order chi connectivity index (χ1) is 27.9. The fourth-order valence-corrected chi connectivity index (χ4v) is 9.97. The third kappa shape index (κ3) is 6.67. The Labute approximate surface area is 353 Å². The second kappa shape index (κ2) is 15.4. The predicted molar refractivity (Wildman–Crippen MR) is 238 cm³/mol. The molecule has 1 radical (unpaired) electrons. The summed E-state index contributed by atoms with van der Waals surface area (Å²) in [6.07, 6.45) is 2.07. The van der Waals surface area contributed by atoms with E-state index in [9.17, 15) is 0 Å². The van der Waals surface area contributed by atoms with Gasteiger partial charge in [0.05, 0.1) is 22.4 Å². The van der Waals surface area contributed by atoms with E-state index in [1.165, 1.54) is 31.9 Å². The molecule has 0 saturated carbocycles. The van der Waals surface area contributed by atoms with Gasteiger partial charge in [-0.25, -0.2) is 0 Å². The summed E-state index contributed by atoms with van der Waals surface area (Å²) >= 11 is -1.85. The van der Waals surface area contributed by atoms with Crippen LogP contribution in [0.1, 0.15) is 0 Å². The van der Waals surface area contributed by atoms with Crippen molar-refractivity contribution in [3.63, 3.8) is 0 Å². The standard InChI is InChI=1S/C26H23GeN2.C25H15N2O.Ir/c1-27(2,3)20-14-15-24(28-18-20)19-13-16-26-23(17-19)22-11-7-8-12-25(22)29(26)21-9-5-4-6-10-21;1-2-9-17(10-3-1)27-22-15-6-5-14-21(22)26-25(27)20-13-8-12-19-18-11-4-7-16-23(18)28-24(19)20;/h4-12,14-18H,1-3H3;1-12,14-16H;/q2*-1;. The van der Waals surface area contributed by atoms with Gasteiger partial charge in [-0.3, -0.25) is 4.98 Å². The van der Waals surface area contributed by atoms with Gasteiger partial charge in [0.1, 0.15) is 5.58 Å². The number of hydrogen-bond donors (Lipinski definition) is 0. The smallest absolute Gasteiger partial charge is 0.120 e. The Morgan fingerprint density at radius 3 is 1.95 bits per heavy atom. The van der Waals surface area contributed by atoms with E-state index in [4.69, 9.17) is 14.4 Å². The van der Waals surface area contributed by atoms with Crippen LogP contribution in [0.3, 0.4) is 0 Å². The number of fused-ring (bicyclic) bond motifs is 7. The van der Waals surface area contributed by atoms with Gasteiger partial charge in [0.15, 0.2) is 0 Å². The molecule has 7 aromatic carbocycles. The Balaban J connectivity index is 0.000000148. The van der Waals surface area contributed by atoms with Crippen LogP contribution in [0.25, 0.3) is 88.8 Å². The van der Waals surface area contributed by atoms with Crippen LogP contribution in [-0.2, 0) is 20.1 Å². The minimum absolute atomic E-state index is 0. The number of para-hydroxylation sites is 6. The third-order valence-electron chi connectivity index (χ3n) is 10.7. The van der Waals surface area contributed by atoms with Crippen molar-refractivity contribution in [1.29, 1.82) is 0 Å². The SMILES string of the molecule is [CH3][Ge]([CH3])([CH3])[c]1ccc(-c2[c-]cc3c(c2)c2ccccc2n3-c2ccccc2)nc1.[Ir].[c-]1ccc2c(oc3ccccc32)c1-c1nc2ccccc2n1-c1ccccc1. The average molecular weight is 988 g/mol. The summed E-state index contributed by atoms with van der Waals surface area (Å²) in [5.41, 5.74) is 11.2. The number of nitrogens with zero attached hydrogens (tertiary/aromatic N) is 4. The van der Waals surface area contributed by atoms with E-state index in [0.717, 1.165) is 61.3 Å². The number of furan rings is 1. The van der Waals surface area contributed by atoms with Crippen molar-refractivity contribution in [1.82, 2.24) is 19.1 Å². The van der Waals surface area contributed by atoms with Crippen LogP contribution in [0.2, 0.25) is 17.3 Å². The molecule has 0 amide bonds. The number of rotatable bonds is 5. The van der Waals surface area contributed by atoms with E-state index in [1.54, 1.807) is 0 Å². The first-order valence-electron chi connectivity index (χ1n) is 19.2. The van der Waals surface area contributed by atoms with E-state index in [0.29, 0.717) is 0 Å². The maximum absolute atomic E-state index is 6.24. The summed E-state index contributed by atoms with van der Waals surface area (Å²) in [5.74, 6) is 8.02. The molecule has 0 atom stereocenters. The van der Waals surface area contributed by atoms with Gasteiger partial charge >= 0.3 is 168 Å². The van der Waals surface area contributed by atoms with Crippen LogP contribution in [0, 0.1) is 12.1 Å². The Morgan fingerprint density at radius 2 is 1.22 bits per heavy atom. The van der Waals surface area contributed by atoms with Crippen LogP contribution in [0.4, 0.5) is 0 Å². The fourth-order valence-electron chi connectivity index (χ4n) is 7.80. The molecular weight excluding hydrogens is 949 g/mol. The van der Waals surface area contributed by atoms with Crippen LogP contribution in [0.5, 0.6) is 0 Å². The molecule has 4 aromatic heterocycles. The molecular formula is C51H38GeIrN4O-2. The van der Waals surface area contributed by atoms with E-state index < -0.39 is 13.3 Å². The van der Waals surface area contributed by atoms with Crippen molar-refractivity contribution in [2.24, 2.45) is 0 Å². The van der Waals surface area contributed by atoms with Gasteiger partial charge in [-0.15, -0.1) is 18.2 Å². The van der Waals surface area contributed by atoms with Crippen LogP contribution in [-0.4, -0.2) is 32.4 Å². The summed E-state index contributed by atoms with van der Waals surface area (Å²) in [7, 11) is 0. The molecule has 7 heteroatoms. The molecule has 0 aliphatic carbocycles. The Bertz CT molecular complexity index is 3220. The Kier molecular flexibility index (Phi) is 9.94. The molecule has 0 unspecified atom stereocenters. The minimum atomic E-state index is -1.85. The topological polar surface area (TPSA) is 48.8 Å². The molecule has 11 rings (SSSR count). The maximum atomic E-state index is 6.24. The molecule has 4 heterocycles. The summed E-state index contributed by atoms with van der Waals surface area (Å²) in [6, 6.07) is 65.3. The second-order valence-corrected chi connectivity index (χ2v) is 26.0. The molecule has 283 valence electrons. The van der Waals surface area contributed by atoms with Gasteiger partial charge in [0, 0.05) is 31.2 Å². The van der Waals surface area contributed by atoms with Gasteiger partial charge in [-0.2, -0.15) is 0 Å². The zero-order valence-corrected chi connectivity index (χ0v) is 36.8. The van der Waals surface area contributed by atoms with Crippen molar-refractivity contribution in [3.05, 3.63) is 188 Å². The first kappa shape index (κ1) is 37.5. The quantitative estimate of drug-likeness (QED) is 0.128. The average Bonchev–Trinajstić information content (AvgIpc) is 3.94. The first-order valence-corrected chi connectivity index (χ1v) is 26.6. The number of imidazole rings is 1. The molecule has 0 aliphatic rings. The van der Waals surface area contributed by atoms with Crippen molar-refractivity contribution in [2.45, 2.75) is 17.3 Å². The third-order valence-corrected chi connectivity index (χ3v) is 14.9. The van der Waals surface area contributed by atoms with Gasteiger partial charge in [0.2, 0.25) is 0 Å². The molecule has 0 aliphatic heterocycles. The van der Waals surface area contributed by atoms with Crippen molar-refractivity contribution in [2.75, 3.05) is 0 Å². The van der Waals surface area contributed by atoms with Crippen molar-refractivity contribution >= 4 is 72.4 Å². The molecule has 58 heavy (non-hydrogen) atoms. The van der Waals surface area contributed by atoms with Crippen LogP contribution in [0.15, 0.2) is 180 Å². The van der Waals surface area contributed by atoms with E-state index in [-0.39, 0.29) is 20.1 Å². The Morgan fingerprint density at radius 1 is 0.569 bits per heavy atom. The molecule has 0 bridgehead atoms. The van der Waals surface area contributed by atoms with E-state index in [1.807, 2.05) is 60.7 Å².